The zero-order valence-electron chi connectivity index (χ0n) is 14.2. The second-order valence-corrected chi connectivity index (χ2v) is 5.95. The van der Waals surface area contributed by atoms with Gasteiger partial charge in [0.25, 0.3) is 5.91 Å². The SMILES string of the molecule is COc1ccc(-c2ccc(/C=C(\C#N)C(=O)N3CCCCC3)o2)cc1. The topological polar surface area (TPSA) is 66.5 Å². The van der Waals surface area contributed by atoms with E-state index in [0.717, 1.165) is 30.6 Å². The number of hydrogen-bond acceptors (Lipinski definition) is 4. The van der Waals surface area contributed by atoms with E-state index < -0.39 is 0 Å². The molecule has 0 bridgehead atoms. The molecule has 0 aliphatic carbocycles. The molecule has 128 valence electrons. The third kappa shape index (κ3) is 3.92. The average molecular weight is 336 g/mol. The van der Waals surface area contributed by atoms with E-state index in [-0.39, 0.29) is 11.5 Å². The highest BCUT2D eigenvalue weighted by Gasteiger charge is 2.20. The maximum Gasteiger partial charge on any atom is 0.264 e. The molecular weight excluding hydrogens is 316 g/mol. The minimum absolute atomic E-state index is 0.109. The van der Waals surface area contributed by atoms with Gasteiger partial charge in [-0.3, -0.25) is 4.79 Å². The van der Waals surface area contributed by atoms with Gasteiger partial charge in [0.1, 0.15) is 28.9 Å². The van der Waals surface area contributed by atoms with Crippen molar-refractivity contribution in [2.75, 3.05) is 20.2 Å². The molecule has 3 rings (SSSR count). The Morgan fingerprint density at radius 3 is 2.52 bits per heavy atom. The fraction of sp³-hybridized carbons (Fsp3) is 0.300. The predicted molar refractivity (Wildman–Crippen MR) is 94.7 cm³/mol. The average Bonchev–Trinajstić information content (AvgIpc) is 3.15. The quantitative estimate of drug-likeness (QED) is 0.628. The van der Waals surface area contributed by atoms with Gasteiger partial charge in [0, 0.05) is 24.7 Å². The molecule has 1 aliphatic rings. The van der Waals surface area contributed by atoms with Crippen molar-refractivity contribution in [3.63, 3.8) is 0 Å². The van der Waals surface area contributed by atoms with E-state index in [9.17, 15) is 10.1 Å². The third-order valence-corrected chi connectivity index (χ3v) is 4.28. The van der Waals surface area contributed by atoms with Crippen molar-refractivity contribution in [2.24, 2.45) is 0 Å². The number of rotatable bonds is 4. The third-order valence-electron chi connectivity index (χ3n) is 4.28. The van der Waals surface area contributed by atoms with E-state index in [1.165, 1.54) is 6.08 Å². The van der Waals surface area contributed by atoms with Crippen molar-refractivity contribution in [3.05, 3.63) is 47.7 Å². The maximum atomic E-state index is 12.5. The van der Waals surface area contributed by atoms with Gasteiger partial charge in [-0.15, -0.1) is 0 Å². The first kappa shape index (κ1) is 16.8. The van der Waals surface area contributed by atoms with Gasteiger partial charge < -0.3 is 14.1 Å². The fourth-order valence-corrected chi connectivity index (χ4v) is 2.89. The van der Waals surface area contributed by atoms with Gasteiger partial charge in [0.05, 0.1) is 7.11 Å². The van der Waals surface area contributed by atoms with Gasteiger partial charge in [0.15, 0.2) is 0 Å². The number of benzene rings is 1. The second-order valence-electron chi connectivity index (χ2n) is 5.95. The summed E-state index contributed by atoms with van der Waals surface area (Å²) >= 11 is 0. The van der Waals surface area contributed by atoms with Crippen molar-refractivity contribution in [1.82, 2.24) is 4.90 Å². The number of carbonyl (C=O) groups excluding carboxylic acids is 1. The summed E-state index contributed by atoms with van der Waals surface area (Å²) in [7, 11) is 1.62. The highest BCUT2D eigenvalue weighted by molar-refractivity contribution is 6.01. The van der Waals surface area contributed by atoms with E-state index in [1.807, 2.05) is 36.4 Å². The molecule has 0 spiro atoms. The summed E-state index contributed by atoms with van der Waals surface area (Å²) in [6, 6.07) is 13.1. The van der Waals surface area contributed by atoms with Gasteiger partial charge in [-0.2, -0.15) is 5.26 Å². The number of furan rings is 1. The smallest absolute Gasteiger partial charge is 0.264 e. The number of piperidine rings is 1. The Balaban J connectivity index is 1.78. The Kier molecular flexibility index (Phi) is 5.20. The first-order valence-corrected chi connectivity index (χ1v) is 8.36. The molecule has 1 fully saturated rings. The molecule has 5 heteroatoms. The van der Waals surface area contributed by atoms with Gasteiger partial charge in [-0.25, -0.2) is 0 Å². The Morgan fingerprint density at radius 2 is 1.88 bits per heavy atom. The molecule has 2 aromatic rings. The van der Waals surface area contributed by atoms with Crippen LogP contribution in [0.4, 0.5) is 0 Å². The van der Waals surface area contributed by atoms with Crippen LogP contribution in [-0.4, -0.2) is 31.0 Å². The fourth-order valence-electron chi connectivity index (χ4n) is 2.89. The van der Waals surface area contributed by atoms with E-state index in [2.05, 4.69) is 0 Å². The zero-order chi connectivity index (χ0) is 17.6. The summed E-state index contributed by atoms with van der Waals surface area (Å²) in [5, 5.41) is 9.35. The molecule has 25 heavy (non-hydrogen) atoms. The molecule has 1 saturated heterocycles. The highest BCUT2D eigenvalue weighted by Crippen LogP contribution is 2.25. The van der Waals surface area contributed by atoms with Gasteiger partial charge >= 0.3 is 0 Å². The van der Waals surface area contributed by atoms with Crippen molar-refractivity contribution in [3.8, 4) is 23.1 Å². The number of likely N-dealkylation sites (tertiary alicyclic amines) is 1. The lowest BCUT2D eigenvalue weighted by molar-refractivity contribution is -0.127. The van der Waals surface area contributed by atoms with Crippen LogP contribution in [0.15, 0.2) is 46.4 Å². The number of nitrogens with zero attached hydrogens (tertiary/aromatic N) is 2. The summed E-state index contributed by atoms with van der Waals surface area (Å²) in [4.78, 5) is 14.2. The van der Waals surface area contributed by atoms with Crippen molar-refractivity contribution in [1.29, 1.82) is 5.26 Å². The molecule has 1 amide bonds. The molecular formula is C20H20N2O3. The molecule has 1 aromatic carbocycles. The summed E-state index contributed by atoms with van der Waals surface area (Å²) in [6.45, 7) is 1.43. The summed E-state index contributed by atoms with van der Waals surface area (Å²) < 4.78 is 10.9. The largest absolute Gasteiger partial charge is 0.497 e. The molecule has 5 nitrogen and oxygen atoms in total. The number of ether oxygens (including phenoxy) is 1. The Labute approximate surface area is 147 Å². The molecule has 0 N–H and O–H groups in total. The minimum Gasteiger partial charge on any atom is -0.497 e. The van der Waals surface area contributed by atoms with Gasteiger partial charge in [0.2, 0.25) is 0 Å². The van der Waals surface area contributed by atoms with Crippen LogP contribution in [0.5, 0.6) is 5.75 Å². The Morgan fingerprint density at radius 1 is 1.16 bits per heavy atom. The lowest BCUT2D eigenvalue weighted by Gasteiger charge is -2.26. The molecule has 0 radical (unpaired) electrons. The van der Waals surface area contributed by atoms with Crippen LogP contribution in [0.25, 0.3) is 17.4 Å². The molecule has 1 aromatic heterocycles. The number of methoxy groups -OCH3 is 1. The van der Waals surface area contributed by atoms with Crippen molar-refractivity contribution < 1.29 is 13.9 Å². The molecule has 2 heterocycles. The van der Waals surface area contributed by atoms with Gasteiger partial charge in [-0.05, 0) is 55.7 Å². The van der Waals surface area contributed by atoms with Crippen LogP contribution in [0.2, 0.25) is 0 Å². The van der Waals surface area contributed by atoms with E-state index >= 15 is 0 Å². The van der Waals surface area contributed by atoms with E-state index in [1.54, 1.807) is 18.1 Å². The minimum atomic E-state index is -0.218. The second kappa shape index (κ2) is 7.71. The van der Waals surface area contributed by atoms with Crippen molar-refractivity contribution in [2.45, 2.75) is 19.3 Å². The summed E-state index contributed by atoms with van der Waals surface area (Å²) in [5.74, 6) is 1.73. The van der Waals surface area contributed by atoms with Crippen LogP contribution in [0, 0.1) is 11.3 Å². The summed E-state index contributed by atoms with van der Waals surface area (Å²) in [6.07, 6.45) is 4.64. The number of amides is 1. The maximum absolute atomic E-state index is 12.5. The van der Waals surface area contributed by atoms with E-state index in [0.29, 0.717) is 24.6 Å². The highest BCUT2D eigenvalue weighted by atomic mass is 16.5. The standard InChI is InChI=1S/C20H20N2O3/c1-24-17-7-5-15(6-8-17)19-10-9-18(25-19)13-16(14-21)20(23)22-11-3-2-4-12-22/h5-10,13H,2-4,11-12H2,1H3/b16-13+. The van der Waals surface area contributed by atoms with Crippen molar-refractivity contribution >= 4 is 12.0 Å². The zero-order valence-corrected chi connectivity index (χ0v) is 14.2. The lowest BCUT2D eigenvalue weighted by atomic mass is 10.1. The van der Waals surface area contributed by atoms with Crippen LogP contribution < -0.4 is 4.74 Å². The first-order chi connectivity index (χ1) is 12.2. The van der Waals surface area contributed by atoms with E-state index in [4.69, 9.17) is 9.15 Å². The monoisotopic (exact) mass is 336 g/mol. The van der Waals surface area contributed by atoms with Crippen LogP contribution >= 0.6 is 0 Å². The van der Waals surface area contributed by atoms with Gasteiger partial charge in [-0.1, -0.05) is 0 Å². The molecule has 0 unspecified atom stereocenters. The normalized spacial score (nSPS) is 14.9. The van der Waals surface area contributed by atoms with Crippen LogP contribution in [-0.2, 0) is 4.79 Å². The summed E-state index contributed by atoms with van der Waals surface area (Å²) in [5.41, 5.74) is 1.01. The number of hydrogen-bond donors (Lipinski definition) is 0. The first-order valence-electron chi connectivity index (χ1n) is 8.36. The van der Waals surface area contributed by atoms with Crippen LogP contribution in [0.1, 0.15) is 25.0 Å². The molecule has 0 atom stereocenters. The number of carbonyl (C=O) groups is 1. The number of nitriles is 1. The molecule has 0 saturated carbocycles. The Bertz CT molecular complexity index is 806. The Hall–Kier alpha value is -3.00. The predicted octanol–water partition coefficient (Wildman–Crippen LogP) is 3.87. The lowest BCUT2D eigenvalue weighted by Crippen LogP contribution is -2.36. The van der Waals surface area contributed by atoms with Crippen LogP contribution in [0.3, 0.4) is 0 Å². The molecule has 1 aliphatic heterocycles.